The molecule has 2 aromatic rings. The second-order valence-electron chi connectivity index (χ2n) is 8.49. The number of aromatic nitrogens is 2. The molecule has 1 spiro atoms. The minimum Gasteiger partial charge on any atom is -0.493 e. The molecule has 1 saturated heterocycles. The van der Waals surface area contributed by atoms with Crippen LogP contribution >= 0.6 is 0 Å². The van der Waals surface area contributed by atoms with Crippen LogP contribution in [0.25, 0.3) is 0 Å². The number of carbonyl (C=O) groups excluding carboxylic acids is 3. The molecule has 174 valence electrons. The Morgan fingerprint density at radius 1 is 0.970 bits per heavy atom. The zero-order valence-electron chi connectivity index (χ0n) is 18.6. The molecule has 0 bridgehead atoms. The summed E-state index contributed by atoms with van der Waals surface area (Å²) in [5, 5.41) is 13.5. The van der Waals surface area contributed by atoms with Gasteiger partial charge < -0.3 is 20.3 Å². The topological polar surface area (TPSA) is 114 Å². The molecule has 33 heavy (non-hydrogen) atoms. The van der Waals surface area contributed by atoms with Gasteiger partial charge in [0, 0.05) is 32.4 Å². The molecule has 4 rings (SSSR count). The number of hydrogen-bond acceptors (Lipinski definition) is 6. The first-order valence-electron chi connectivity index (χ1n) is 11.4. The maximum Gasteiger partial charge on any atom is 0.274 e. The second kappa shape index (κ2) is 10.4. The van der Waals surface area contributed by atoms with E-state index in [4.69, 9.17) is 4.74 Å². The van der Waals surface area contributed by atoms with Crippen LogP contribution in [0.3, 0.4) is 0 Å². The minimum absolute atomic E-state index is 0.0123. The fourth-order valence-electron chi connectivity index (χ4n) is 4.47. The molecule has 2 N–H and O–H groups in total. The summed E-state index contributed by atoms with van der Waals surface area (Å²) in [6.07, 6.45) is 5.02. The Balaban J connectivity index is 1.41. The molecule has 0 unspecified atom stereocenters. The molecule has 0 radical (unpaired) electrons. The highest BCUT2D eigenvalue weighted by molar-refractivity contribution is 5.97. The summed E-state index contributed by atoms with van der Waals surface area (Å²) in [4.78, 5) is 40.2. The summed E-state index contributed by atoms with van der Waals surface area (Å²) in [6.45, 7) is 2.12. The largest absolute Gasteiger partial charge is 0.493 e. The lowest BCUT2D eigenvalue weighted by Crippen LogP contribution is -2.51. The fraction of sp³-hybridized carbons (Fsp3) is 0.458. The van der Waals surface area contributed by atoms with Crippen LogP contribution in [-0.4, -0.2) is 65.6 Å². The van der Waals surface area contributed by atoms with E-state index < -0.39 is 5.41 Å². The Hall–Kier alpha value is -3.49. The zero-order chi connectivity index (χ0) is 23.1. The molecule has 0 atom stereocenters. The van der Waals surface area contributed by atoms with Gasteiger partial charge in [-0.2, -0.15) is 5.10 Å². The van der Waals surface area contributed by atoms with Crippen LogP contribution in [0.2, 0.25) is 0 Å². The summed E-state index contributed by atoms with van der Waals surface area (Å²) in [7, 11) is 0. The molecule has 1 aromatic heterocycles. The number of fused-ring (bicyclic) bond motifs is 1. The van der Waals surface area contributed by atoms with Crippen molar-refractivity contribution in [2.45, 2.75) is 32.1 Å². The van der Waals surface area contributed by atoms with Crippen molar-refractivity contribution >= 4 is 17.7 Å². The number of nitrogens with one attached hydrogen (secondary N) is 2. The van der Waals surface area contributed by atoms with Crippen LogP contribution in [0.5, 0.6) is 5.75 Å². The lowest BCUT2D eigenvalue weighted by molar-refractivity contribution is -0.134. The van der Waals surface area contributed by atoms with Crippen LogP contribution in [0.1, 0.15) is 53.0 Å². The SMILES string of the molecule is O=C1NCCNC(=O)C2(CCCCOc3ccccc31)CCN(C(=O)c1cccnn1)CC2. The Kier molecular flexibility index (Phi) is 7.16. The summed E-state index contributed by atoms with van der Waals surface area (Å²) in [5.41, 5.74) is 0.278. The van der Waals surface area contributed by atoms with E-state index in [1.807, 2.05) is 6.07 Å². The maximum absolute atomic E-state index is 13.2. The number of carbonyl (C=O) groups is 3. The van der Waals surface area contributed by atoms with E-state index in [9.17, 15) is 14.4 Å². The van der Waals surface area contributed by atoms with Gasteiger partial charge in [0.15, 0.2) is 5.69 Å². The van der Waals surface area contributed by atoms with Crippen molar-refractivity contribution in [2.24, 2.45) is 5.41 Å². The Morgan fingerprint density at radius 3 is 2.55 bits per heavy atom. The predicted octanol–water partition coefficient (Wildman–Crippen LogP) is 1.81. The van der Waals surface area contributed by atoms with Crippen molar-refractivity contribution in [2.75, 3.05) is 32.8 Å². The quantitative estimate of drug-likeness (QED) is 0.684. The van der Waals surface area contributed by atoms with E-state index in [-0.39, 0.29) is 17.7 Å². The molecule has 2 aliphatic rings. The third-order valence-electron chi connectivity index (χ3n) is 6.42. The number of benzene rings is 1. The van der Waals surface area contributed by atoms with Crippen molar-refractivity contribution in [3.8, 4) is 5.75 Å². The molecular weight excluding hydrogens is 422 g/mol. The van der Waals surface area contributed by atoms with E-state index in [1.54, 1.807) is 35.2 Å². The van der Waals surface area contributed by atoms with Gasteiger partial charge in [-0.1, -0.05) is 12.1 Å². The van der Waals surface area contributed by atoms with E-state index in [1.165, 1.54) is 6.20 Å². The molecule has 9 nitrogen and oxygen atoms in total. The van der Waals surface area contributed by atoms with E-state index in [0.717, 1.165) is 19.3 Å². The van der Waals surface area contributed by atoms with Gasteiger partial charge >= 0.3 is 0 Å². The predicted molar refractivity (Wildman–Crippen MR) is 121 cm³/mol. The van der Waals surface area contributed by atoms with Crippen LogP contribution in [0.15, 0.2) is 42.6 Å². The number of hydrogen-bond donors (Lipinski definition) is 2. The number of amides is 3. The average molecular weight is 452 g/mol. The van der Waals surface area contributed by atoms with Crippen LogP contribution < -0.4 is 15.4 Å². The minimum atomic E-state index is -0.537. The highest BCUT2D eigenvalue weighted by atomic mass is 16.5. The lowest BCUT2D eigenvalue weighted by atomic mass is 9.73. The van der Waals surface area contributed by atoms with E-state index in [0.29, 0.717) is 62.6 Å². The number of para-hydroxylation sites is 1. The molecular formula is C24H29N5O4. The summed E-state index contributed by atoms with van der Waals surface area (Å²) in [6, 6.07) is 10.5. The number of likely N-dealkylation sites (tertiary alicyclic amines) is 1. The number of piperidine rings is 1. The van der Waals surface area contributed by atoms with Crippen LogP contribution in [0.4, 0.5) is 0 Å². The third-order valence-corrected chi connectivity index (χ3v) is 6.42. The number of nitrogens with zero attached hydrogens (tertiary/aromatic N) is 3. The molecule has 0 aliphatic carbocycles. The summed E-state index contributed by atoms with van der Waals surface area (Å²) >= 11 is 0. The monoisotopic (exact) mass is 451 g/mol. The van der Waals surface area contributed by atoms with Crippen molar-refractivity contribution in [1.29, 1.82) is 0 Å². The first kappa shape index (κ1) is 22.7. The zero-order valence-corrected chi connectivity index (χ0v) is 18.6. The number of rotatable bonds is 1. The standard InChI is InChI=1S/C24H29N5O4/c30-21-18-6-1-2-8-20(18)33-17-4-3-9-24(23(32)26-14-13-25-21)10-15-29(16-11-24)22(31)19-7-5-12-27-28-19/h1-2,5-8,12H,3-4,9-11,13-17H2,(H,25,30)(H,26,32). The van der Waals surface area contributed by atoms with Gasteiger partial charge in [-0.3, -0.25) is 14.4 Å². The van der Waals surface area contributed by atoms with Gasteiger partial charge in [-0.15, -0.1) is 5.10 Å². The van der Waals surface area contributed by atoms with E-state index in [2.05, 4.69) is 20.8 Å². The molecule has 0 saturated carbocycles. The molecule has 2 aliphatic heterocycles. The second-order valence-corrected chi connectivity index (χ2v) is 8.49. The van der Waals surface area contributed by atoms with Crippen molar-refractivity contribution < 1.29 is 19.1 Å². The van der Waals surface area contributed by atoms with Crippen molar-refractivity contribution in [1.82, 2.24) is 25.7 Å². The third kappa shape index (κ3) is 5.30. The first-order chi connectivity index (χ1) is 16.1. The van der Waals surface area contributed by atoms with Gasteiger partial charge in [-0.25, -0.2) is 0 Å². The van der Waals surface area contributed by atoms with Crippen molar-refractivity contribution in [3.63, 3.8) is 0 Å². The van der Waals surface area contributed by atoms with Crippen LogP contribution in [-0.2, 0) is 4.79 Å². The molecule has 3 amide bonds. The highest BCUT2D eigenvalue weighted by Gasteiger charge is 2.41. The summed E-state index contributed by atoms with van der Waals surface area (Å²) in [5.74, 6) is 0.180. The number of ether oxygens (including phenoxy) is 1. The van der Waals surface area contributed by atoms with Crippen molar-refractivity contribution in [3.05, 3.63) is 53.9 Å². The van der Waals surface area contributed by atoms with Gasteiger partial charge in [0.1, 0.15) is 5.75 Å². The Morgan fingerprint density at radius 2 is 1.76 bits per heavy atom. The Labute approximate surface area is 192 Å². The average Bonchev–Trinajstić information content (AvgIpc) is 2.86. The smallest absolute Gasteiger partial charge is 0.274 e. The molecule has 3 heterocycles. The fourth-order valence-corrected chi connectivity index (χ4v) is 4.47. The molecule has 1 fully saturated rings. The lowest BCUT2D eigenvalue weighted by Gasteiger charge is -2.40. The summed E-state index contributed by atoms with van der Waals surface area (Å²) < 4.78 is 5.88. The maximum atomic E-state index is 13.2. The van der Waals surface area contributed by atoms with Gasteiger partial charge in [0.05, 0.1) is 17.6 Å². The molecule has 1 aromatic carbocycles. The van der Waals surface area contributed by atoms with Gasteiger partial charge in [-0.05, 0) is 56.4 Å². The van der Waals surface area contributed by atoms with E-state index >= 15 is 0 Å². The normalized spacial score (nSPS) is 19.5. The molecule has 9 heteroatoms. The van der Waals surface area contributed by atoms with Gasteiger partial charge in [0.25, 0.3) is 11.8 Å². The first-order valence-corrected chi connectivity index (χ1v) is 11.4. The highest BCUT2D eigenvalue weighted by Crippen LogP contribution is 2.37. The Bertz CT molecular complexity index is 989. The van der Waals surface area contributed by atoms with Gasteiger partial charge in [0.2, 0.25) is 5.91 Å². The van der Waals surface area contributed by atoms with Crippen LogP contribution in [0, 0.1) is 5.41 Å².